The molecule has 4 heteroatoms. The predicted octanol–water partition coefficient (Wildman–Crippen LogP) is 1.60. The first-order chi connectivity index (χ1) is 7.63. The van der Waals surface area contributed by atoms with Crippen LogP contribution in [0.25, 0.3) is 0 Å². The van der Waals surface area contributed by atoms with Crippen LogP contribution in [0.4, 0.5) is 0 Å². The summed E-state index contributed by atoms with van der Waals surface area (Å²) in [6.07, 6.45) is 2.59. The van der Waals surface area contributed by atoms with Crippen LogP contribution in [-0.2, 0) is 9.53 Å². The summed E-state index contributed by atoms with van der Waals surface area (Å²) in [6.45, 7) is 7.57. The molecule has 0 aromatic heterocycles. The van der Waals surface area contributed by atoms with Gasteiger partial charge in [0, 0.05) is 19.1 Å². The van der Waals surface area contributed by atoms with Gasteiger partial charge in [-0.3, -0.25) is 9.69 Å². The molecule has 4 nitrogen and oxygen atoms in total. The summed E-state index contributed by atoms with van der Waals surface area (Å²) in [5.74, 6) is -0.0944. The van der Waals surface area contributed by atoms with Crippen molar-refractivity contribution in [2.24, 2.45) is 5.92 Å². The molecule has 0 bridgehead atoms. The third-order valence-corrected chi connectivity index (χ3v) is 3.09. The third-order valence-electron chi connectivity index (χ3n) is 3.09. The van der Waals surface area contributed by atoms with E-state index in [1.165, 1.54) is 12.8 Å². The summed E-state index contributed by atoms with van der Waals surface area (Å²) in [6, 6.07) is 0.0607. The van der Waals surface area contributed by atoms with Crippen molar-refractivity contribution in [2.45, 2.75) is 39.2 Å². The highest BCUT2D eigenvalue weighted by atomic mass is 16.5. The second-order valence-corrected chi connectivity index (χ2v) is 4.72. The van der Waals surface area contributed by atoms with Crippen molar-refractivity contribution in [3.8, 4) is 0 Å². The highest BCUT2D eigenvalue weighted by Gasteiger charge is 2.25. The molecule has 0 amide bonds. The Morgan fingerprint density at radius 3 is 3.00 bits per heavy atom. The summed E-state index contributed by atoms with van der Waals surface area (Å²) < 4.78 is 5.35. The van der Waals surface area contributed by atoms with Gasteiger partial charge in [-0.25, -0.2) is 0 Å². The number of carboxylic acid groups (broad SMARTS) is 1. The lowest BCUT2D eigenvalue weighted by Gasteiger charge is -2.36. The zero-order valence-electron chi connectivity index (χ0n) is 10.3. The molecule has 2 atom stereocenters. The highest BCUT2D eigenvalue weighted by molar-refractivity contribution is 5.67. The van der Waals surface area contributed by atoms with E-state index >= 15 is 0 Å². The van der Waals surface area contributed by atoms with E-state index in [9.17, 15) is 4.79 Å². The van der Waals surface area contributed by atoms with Crippen LogP contribution in [-0.4, -0.2) is 48.3 Å². The van der Waals surface area contributed by atoms with E-state index in [-0.39, 0.29) is 12.5 Å². The normalized spacial score (nSPS) is 24.2. The summed E-state index contributed by atoms with van der Waals surface area (Å²) in [4.78, 5) is 13.0. The SMILES string of the molecule is CCCC(C)CN1CCOCC1CC(=O)O. The van der Waals surface area contributed by atoms with Gasteiger partial charge in [0.05, 0.1) is 19.6 Å². The fraction of sp³-hybridized carbons (Fsp3) is 0.917. The Kier molecular flexibility index (Phi) is 5.77. The van der Waals surface area contributed by atoms with Crippen LogP contribution in [0, 0.1) is 5.92 Å². The van der Waals surface area contributed by atoms with E-state index in [0.717, 1.165) is 19.7 Å². The number of rotatable bonds is 6. The van der Waals surface area contributed by atoms with Crippen LogP contribution in [0.15, 0.2) is 0 Å². The molecule has 0 aromatic carbocycles. The molecule has 94 valence electrons. The van der Waals surface area contributed by atoms with Gasteiger partial charge in [-0.05, 0) is 12.3 Å². The van der Waals surface area contributed by atoms with Gasteiger partial charge in [0.2, 0.25) is 0 Å². The van der Waals surface area contributed by atoms with E-state index in [4.69, 9.17) is 9.84 Å². The number of morpholine rings is 1. The highest BCUT2D eigenvalue weighted by Crippen LogP contribution is 2.15. The van der Waals surface area contributed by atoms with Crippen molar-refractivity contribution < 1.29 is 14.6 Å². The largest absolute Gasteiger partial charge is 0.481 e. The molecule has 1 saturated heterocycles. The molecular weight excluding hydrogens is 206 g/mol. The maximum atomic E-state index is 10.7. The van der Waals surface area contributed by atoms with Gasteiger partial charge in [-0.15, -0.1) is 0 Å². The van der Waals surface area contributed by atoms with Crippen LogP contribution in [0.2, 0.25) is 0 Å². The van der Waals surface area contributed by atoms with Crippen LogP contribution < -0.4 is 0 Å². The van der Waals surface area contributed by atoms with Crippen molar-refractivity contribution in [3.05, 3.63) is 0 Å². The van der Waals surface area contributed by atoms with Gasteiger partial charge in [0.15, 0.2) is 0 Å². The van der Waals surface area contributed by atoms with Crippen molar-refractivity contribution >= 4 is 5.97 Å². The zero-order valence-corrected chi connectivity index (χ0v) is 10.3. The van der Waals surface area contributed by atoms with E-state index in [1.54, 1.807) is 0 Å². The van der Waals surface area contributed by atoms with Gasteiger partial charge in [-0.1, -0.05) is 20.3 Å². The van der Waals surface area contributed by atoms with Gasteiger partial charge < -0.3 is 9.84 Å². The number of aliphatic carboxylic acids is 1. The fourth-order valence-corrected chi connectivity index (χ4v) is 2.30. The molecule has 0 aromatic rings. The Balaban J connectivity index is 2.43. The summed E-state index contributed by atoms with van der Waals surface area (Å²) in [7, 11) is 0. The first-order valence-corrected chi connectivity index (χ1v) is 6.17. The molecule has 0 spiro atoms. The summed E-state index contributed by atoms with van der Waals surface area (Å²) in [5.41, 5.74) is 0. The molecule has 1 heterocycles. The lowest BCUT2D eigenvalue weighted by Crippen LogP contribution is -2.48. The zero-order chi connectivity index (χ0) is 12.0. The molecule has 16 heavy (non-hydrogen) atoms. The molecule has 0 radical (unpaired) electrons. The number of carbonyl (C=O) groups is 1. The smallest absolute Gasteiger partial charge is 0.305 e. The summed E-state index contributed by atoms with van der Waals surface area (Å²) >= 11 is 0. The van der Waals surface area contributed by atoms with Crippen molar-refractivity contribution in [1.29, 1.82) is 0 Å². The van der Waals surface area contributed by atoms with Crippen molar-refractivity contribution in [1.82, 2.24) is 4.90 Å². The molecule has 1 N–H and O–H groups in total. The monoisotopic (exact) mass is 229 g/mol. The van der Waals surface area contributed by atoms with E-state index < -0.39 is 5.97 Å². The molecule has 1 fully saturated rings. The van der Waals surface area contributed by atoms with Gasteiger partial charge in [0.25, 0.3) is 0 Å². The Hall–Kier alpha value is -0.610. The van der Waals surface area contributed by atoms with Gasteiger partial charge in [-0.2, -0.15) is 0 Å². The predicted molar refractivity (Wildman–Crippen MR) is 62.5 cm³/mol. The van der Waals surface area contributed by atoms with Crippen molar-refractivity contribution in [3.63, 3.8) is 0 Å². The maximum Gasteiger partial charge on any atom is 0.305 e. The third kappa shape index (κ3) is 4.49. The number of hydrogen-bond donors (Lipinski definition) is 1. The van der Waals surface area contributed by atoms with Crippen LogP contribution in [0.3, 0.4) is 0 Å². The van der Waals surface area contributed by atoms with Gasteiger partial charge >= 0.3 is 5.97 Å². The van der Waals surface area contributed by atoms with E-state index in [1.807, 2.05) is 0 Å². The van der Waals surface area contributed by atoms with Crippen LogP contribution >= 0.6 is 0 Å². The number of ether oxygens (including phenoxy) is 1. The minimum Gasteiger partial charge on any atom is -0.481 e. The lowest BCUT2D eigenvalue weighted by molar-refractivity contribution is -0.140. The van der Waals surface area contributed by atoms with Gasteiger partial charge in [0.1, 0.15) is 0 Å². The van der Waals surface area contributed by atoms with Crippen LogP contribution in [0.5, 0.6) is 0 Å². The minimum absolute atomic E-state index is 0.0607. The second kappa shape index (κ2) is 6.86. The lowest BCUT2D eigenvalue weighted by atomic mass is 10.0. The maximum absolute atomic E-state index is 10.7. The Bertz CT molecular complexity index is 220. The van der Waals surface area contributed by atoms with E-state index in [0.29, 0.717) is 12.5 Å². The average Bonchev–Trinajstić information content (AvgIpc) is 2.20. The molecule has 1 aliphatic heterocycles. The topological polar surface area (TPSA) is 49.8 Å². The van der Waals surface area contributed by atoms with E-state index in [2.05, 4.69) is 18.7 Å². The number of nitrogens with zero attached hydrogens (tertiary/aromatic N) is 1. The van der Waals surface area contributed by atoms with Crippen LogP contribution in [0.1, 0.15) is 33.1 Å². The Morgan fingerprint density at radius 2 is 2.38 bits per heavy atom. The minimum atomic E-state index is -0.733. The molecule has 1 rings (SSSR count). The molecule has 2 unspecified atom stereocenters. The molecule has 0 aliphatic carbocycles. The first kappa shape index (κ1) is 13.5. The fourth-order valence-electron chi connectivity index (χ4n) is 2.30. The quantitative estimate of drug-likeness (QED) is 0.751. The average molecular weight is 229 g/mol. The Labute approximate surface area is 97.6 Å². The number of hydrogen-bond acceptors (Lipinski definition) is 3. The first-order valence-electron chi connectivity index (χ1n) is 6.17. The summed E-state index contributed by atoms with van der Waals surface area (Å²) in [5, 5.41) is 8.84. The number of carboxylic acids is 1. The second-order valence-electron chi connectivity index (χ2n) is 4.72. The Morgan fingerprint density at radius 1 is 1.62 bits per heavy atom. The molecule has 1 aliphatic rings. The molecule has 0 saturated carbocycles. The standard InChI is InChI=1S/C12H23NO3/c1-3-4-10(2)8-13-5-6-16-9-11(13)7-12(14)15/h10-11H,3-9H2,1-2H3,(H,14,15). The van der Waals surface area contributed by atoms with Crippen molar-refractivity contribution in [2.75, 3.05) is 26.3 Å². The molecular formula is C12H23NO3.